The topological polar surface area (TPSA) is 90.5 Å². The van der Waals surface area contributed by atoms with E-state index >= 15 is 0 Å². The molecule has 0 aliphatic carbocycles. The average molecular weight is 392 g/mol. The van der Waals surface area contributed by atoms with Crippen LogP contribution in [0.2, 0.25) is 0 Å². The predicted octanol–water partition coefficient (Wildman–Crippen LogP) is 3.02. The summed E-state index contributed by atoms with van der Waals surface area (Å²) in [4.78, 5) is 26.0. The first-order valence-corrected chi connectivity index (χ1v) is 9.27. The van der Waals surface area contributed by atoms with Crippen LogP contribution in [0.3, 0.4) is 0 Å². The minimum absolute atomic E-state index is 0.0710. The van der Waals surface area contributed by atoms with Gasteiger partial charge in [-0.25, -0.2) is 4.68 Å². The second-order valence-electron chi connectivity index (χ2n) is 6.76. The fraction of sp³-hybridized carbons (Fsp3) is 0.227. The predicted molar refractivity (Wildman–Crippen MR) is 112 cm³/mol. The number of benzene rings is 2. The van der Waals surface area contributed by atoms with Gasteiger partial charge in [0, 0.05) is 29.9 Å². The quantitative estimate of drug-likeness (QED) is 0.669. The van der Waals surface area contributed by atoms with Gasteiger partial charge in [0.25, 0.3) is 5.91 Å². The lowest BCUT2D eigenvalue weighted by atomic mass is 10.1. The molecule has 3 aromatic rings. The highest BCUT2D eigenvalue weighted by Gasteiger charge is 2.19. The van der Waals surface area contributed by atoms with E-state index in [1.54, 1.807) is 48.4 Å². The number of amides is 2. The third-order valence-electron chi connectivity index (χ3n) is 4.58. The van der Waals surface area contributed by atoms with Crippen LogP contribution in [0.5, 0.6) is 5.75 Å². The Hall–Kier alpha value is -3.61. The van der Waals surface area contributed by atoms with Gasteiger partial charge >= 0.3 is 0 Å². The van der Waals surface area contributed by atoms with E-state index in [2.05, 4.69) is 5.10 Å². The lowest BCUT2D eigenvalue weighted by molar-refractivity contribution is -0.117. The van der Waals surface area contributed by atoms with E-state index in [-0.39, 0.29) is 18.9 Å². The molecule has 0 spiro atoms. The number of methoxy groups -OCH3 is 1. The first kappa shape index (κ1) is 20.1. The summed E-state index contributed by atoms with van der Waals surface area (Å²) in [6, 6.07) is 16.3. The summed E-state index contributed by atoms with van der Waals surface area (Å²) in [5, 5.41) is 4.46. The maximum Gasteiger partial charge on any atom is 0.258 e. The summed E-state index contributed by atoms with van der Waals surface area (Å²) in [6.45, 7) is 4.11. The number of carbonyl (C=O) groups is 2. The molecule has 2 amide bonds. The number of rotatable bonds is 7. The smallest absolute Gasteiger partial charge is 0.258 e. The second kappa shape index (κ2) is 8.60. The first-order valence-electron chi connectivity index (χ1n) is 9.27. The Balaban J connectivity index is 1.87. The molecule has 0 aliphatic rings. The zero-order chi connectivity index (χ0) is 21.0. The molecule has 0 bridgehead atoms. The van der Waals surface area contributed by atoms with Gasteiger partial charge in [0.2, 0.25) is 5.91 Å². The fourth-order valence-electron chi connectivity index (χ4n) is 3.12. The van der Waals surface area contributed by atoms with Gasteiger partial charge in [0.05, 0.1) is 18.5 Å². The van der Waals surface area contributed by atoms with E-state index in [9.17, 15) is 9.59 Å². The molecular formula is C22H24N4O3. The van der Waals surface area contributed by atoms with Gasteiger partial charge < -0.3 is 15.4 Å². The van der Waals surface area contributed by atoms with Gasteiger partial charge in [-0.3, -0.25) is 9.59 Å². The molecule has 0 unspecified atom stereocenters. The molecule has 3 rings (SSSR count). The number of hydrogen-bond donors (Lipinski definition) is 1. The highest BCUT2D eigenvalue weighted by molar-refractivity contribution is 6.06. The summed E-state index contributed by atoms with van der Waals surface area (Å²) in [6.07, 6.45) is 0.0710. The number of ether oxygens (including phenoxy) is 1. The van der Waals surface area contributed by atoms with E-state index in [0.717, 1.165) is 17.1 Å². The van der Waals surface area contributed by atoms with Crippen molar-refractivity contribution in [2.75, 3.05) is 18.6 Å². The minimum atomic E-state index is -0.462. The van der Waals surface area contributed by atoms with Crippen molar-refractivity contribution < 1.29 is 14.3 Å². The number of nitrogens with zero attached hydrogens (tertiary/aromatic N) is 3. The molecule has 0 saturated heterocycles. The van der Waals surface area contributed by atoms with E-state index in [0.29, 0.717) is 17.0 Å². The number of aromatic nitrogens is 2. The number of carbonyl (C=O) groups excluding carboxylic acids is 2. The fourth-order valence-corrected chi connectivity index (χ4v) is 3.12. The Kier molecular flexibility index (Phi) is 5.97. The van der Waals surface area contributed by atoms with Crippen molar-refractivity contribution in [1.29, 1.82) is 0 Å². The van der Waals surface area contributed by atoms with E-state index in [1.807, 2.05) is 36.7 Å². The van der Waals surface area contributed by atoms with Crippen molar-refractivity contribution in [2.24, 2.45) is 5.73 Å². The zero-order valence-corrected chi connectivity index (χ0v) is 16.8. The highest BCUT2D eigenvalue weighted by Crippen LogP contribution is 2.22. The third kappa shape index (κ3) is 4.63. The Bertz CT molecular complexity index is 1010. The summed E-state index contributed by atoms with van der Waals surface area (Å²) >= 11 is 0. The molecule has 0 saturated carbocycles. The molecule has 150 valence electrons. The monoisotopic (exact) mass is 392 g/mol. The summed E-state index contributed by atoms with van der Waals surface area (Å²) < 4.78 is 7.00. The summed E-state index contributed by atoms with van der Waals surface area (Å²) in [5.74, 6) is 0.0119. The van der Waals surface area contributed by atoms with Crippen LogP contribution in [0.4, 0.5) is 5.69 Å². The molecule has 7 nitrogen and oxygen atoms in total. The number of primary amides is 1. The molecule has 29 heavy (non-hydrogen) atoms. The van der Waals surface area contributed by atoms with Gasteiger partial charge in [0.1, 0.15) is 5.75 Å². The van der Waals surface area contributed by atoms with Crippen molar-refractivity contribution in [3.63, 3.8) is 0 Å². The first-order chi connectivity index (χ1) is 13.9. The Labute approximate surface area is 169 Å². The minimum Gasteiger partial charge on any atom is -0.497 e. The van der Waals surface area contributed by atoms with Crippen LogP contribution in [0, 0.1) is 13.8 Å². The molecule has 2 aromatic carbocycles. The highest BCUT2D eigenvalue weighted by atomic mass is 16.5. The lowest BCUT2D eigenvalue weighted by Crippen LogP contribution is -2.34. The number of anilines is 1. The normalized spacial score (nSPS) is 10.6. The van der Waals surface area contributed by atoms with Gasteiger partial charge in [-0.05, 0) is 68.4 Å². The molecule has 1 aromatic heterocycles. The average Bonchev–Trinajstić information content (AvgIpc) is 3.06. The summed E-state index contributed by atoms with van der Waals surface area (Å²) in [5.41, 5.74) is 9.30. The number of aryl methyl sites for hydroxylation is 2. The van der Waals surface area contributed by atoms with Crippen molar-refractivity contribution in [3.8, 4) is 11.4 Å². The van der Waals surface area contributed by atoms with Gasteiger partial charge in [-0.1, -0.05) is 0 Å². The van der Waals surface area contributed by atoms with Crippen LogP contribution < -0.4 is 15.4 Å². The molecular weight excluding hydrogens is 368 g/mol. The molecule has 7 heteroatoms. The Morgan fingerprint density at radius 1 is 1.07 bits per heavy atom. The van der Waals surface area contributed by atoms with Gasteiger partial charge in [-0.15, -0.1) is 0 Å². The molecule has 2 N–H and O–H groups in total. The number of nitrogens with two attached hydrogens (primary N) is 1. The number of hydrogen-bond acceptors (Lipinski definition) is 4. The van der Waals surface area contributed by atoms with Crippen LogP contribution in [-0.4, -0.2) is 35.2 Å². The van der Waals surface area contributed by atoms with Crippen LogP contribution in [0.1, 0.15) is 28.2 Å². The molecule has 0 atom stereocenters. The van der Waals surface area contributed by atoms with Crippen molar-refractivity contribution >= 4 is 17.5 Å². The van der Waals surface area contributed by atoms with Crippen molar-refractivity contribution in [3.05, 3.63) is 71.5 Å². The van der Waals surface area contributed by atoms with E-state index in [4.69, 9.17) is 10.5 Å². The Morgan fingerprint density at radius 3 is 2.24 bits per heavy atom. The summed E-state index contributed by atoms with van der Waals surface area (Å²) in [7, 11) is 1.58. The maximum atomic E-state index is 13.2. The van der Waals surface area contributed by atoms with E-state index < -0.39 is 5.91 Å². The van der Waals surface area contributed by atoms with Crippen LogP contribution in [0.15, 0.2) is 54.6 Å². The molecule has 1 heterocycles. The zero-order valence-electron chi connectivity index (χ0n) is 16.8. The van der Waals surface area contributed by atoms with Crippen LogP contribution in [-0.2, 0) is 4.79 Å². The largest absolute Gasteiger partial charge is 0.497 e. The SMILES string of the molecule is COc1ccc(N(CCC(N)=O)C(=O)c2ccc(-n3nc(C)cc3C)cc2)cc1. The standard InChI is InChI=1S/C22H24N4O3/c1-15-14-16(2)26(24-15)19-6-4-17(5-7-19)22(28)25(13-12-21(23)27)18-8-10-20(29-3)11-9-18/h4-11,14H,12-13H2,1-3H3,(H2,23,27). The van der Waals surface area contributed by atoms with Crippen molar-refractivity contribution in [1.82, 2.24) is 9.78 Å². The van der Waals surface area contributed by atoms with E-state index in [1.165, 1.54) is 0 Å². The maximum absolute atomic E-state index is 13.2. The van der Waals surface area contributed by atoms with Crippen LogP contribution in [0.25, 0.3) is 5.69 Å². The van der Waals surface area contributed by atoms with Crippen molar-refractivity contribution in [2.45, 2.75) is 20.3 Å². The van der Waals surface area contributed by atoms with Crippen LogP contribution >= 0.6 is 0 Å². The molecule has 0 fully saturated rings. The van der Waals surface area contributed by atoms with Gasteiger partial charge in [-0.2, -0.15) is 5.10 Å². The third-order valence-corrected chi connectivity index (χ3v) is 4.58. The lowest BCUT2D eigenvalue weighted by Gasteiger charge is -2.23. The molecule has 0 radical (unpaired) electrons. The Morgan fingerprint density at radius 2 is 1.72 bits per heavy atom. The second-order valence-corrected chi connectivity index (χ2v) is 6.76. The van der Waals surface area contributed by atoms with Gasteiger partial charge in [0.15, 0.2) is 0 Å². The molecule has 0 aliphatic heterocycles.